The van der Waals surface area contributed by atoms with Crippen LogP contribution in [0.2, 0.25) is 0 Å². The van der Waals surface area contributed by atoms with Gasteiger partial charge >= 0.3 is 0 Å². The highest BCUT2D eigenvalue weighted by Gasteiger charge is 2.26. The van der Waals surface area contributed by atoms with Crippen LogP contribution in [0.5, 0.6) is 0 Å². The molecule has 0 aliphatic carbocycles. The van der Waals surface area contributed by atoms with Gasteiger partial charge in [-0.15, -0.1) is 16.4 Å². The van der Waals surface area contributed by atoms with Crippen LogP contribution >= 0.6 is 11.3 Å². The normalized spacial score (nSPS) is 15.7. The number of hydrogen-bond donors (Lipinski definition) is 0. The summed E-state index contributed by atoms with van der Waals surface area (Å²) in [7, 11) is 0. The second-order valence-corrected chi connectivity index (χ2v) is 7.64. The number of hydrogen-bond acceptors (Lipinski definition) is 7. The molecule has 0 saturated carbocycles. The Morgan fingerprint density at radius 2 is 2.15 bits per heavy atom. The van der Waals surface area contributed by atoms with E-state index in [1.54, 1.807) is 0 Å². The molecule has 0 unspecified atom stereocenters. The van der Waals surface area contributed by atoms with Crippen molar-refractivity contribution in [2.75, 3.05) is 13.1 Å². The van der Waals surface area contributed by atoms with Crippen LogP contribution in [-0.2, 0) is 0 Å². The number of carbonyl (C=O) groups excluding carboxylic acids is 1. The van der Waals surface area contributed by atoms with E-state index in [0.29, 0.717) is 30.5 Å². The molecule has 1 saturated heterocycles. The maximum Gasteiger partial charge on any atom is 0.280 e. The van der Waals surface area contributed by atoms with E-state index in [9.17, 15) is 4.79 Å². The summed E-state index contributed by atoms with van der Waals surface area (Å²) in [6.07, 6.45) is 3.54. The van der Waals surface area contributed by atoms with Gasteiger partial charge in [-0.05, 0) is 24.3 Å². The summed E-state index contributed by atoms with van der Waals surface area (Å²) in [6, 6.07) is 4.00. The molecule has 0 radical (unpaired) electrons. The second kappa shape index (κ2) is 6.99. The maximum atomic E-state index is 12.4. The number of amides is 1. The smallest absolute Gasteiger partial charge is 0.280 e. The Kier molecular flexibility index (Phi) is 4.54. The first-order valence-corrected chi connectivity index (χ1v) is 9.58. The van der Waals surface area contributed by atoms with Gasteiger partial charge in [0.2, 0.25) is 0 Å². The van der Waals surface area contributed by atoms with E-state index in [1.165, 1.54) is 11.3 Å². The van der Waals surface area contributed by atoms with Crippen molar-refractivity contribution in [3.63, 3.8) is 0 Å². The highest BCUT2D eigenvalue weighted by molar-refractivity contribution is 7.12. The Labute approximate surface area is 154 Å². The Balaban J connectivity index is 1.40. The zero-order valence-electron chi connectivity index (χ0n) is 14.7. The van der Waals surface area contributed by atoms with E-state index >= 15 is 0 Å². The van der Waals surface area contributed by atoms with Crippen LogP contribution in [0.15, 0.2) is 28.2 Å². The van der Waals surface area contributed by atoms with E-state index < -0.39 is 0 Å². The first kappa shape index (κ1) is 16.9. The van der Waals surface area contributed by atoms with Crippen molar-refractivity contribution in [3.8, 4) is 11.6 Å². The summed E-state index contributed by atoms with van der Waals surface area (Å²) in [5.74, 6) is 1.37. The van der Waals surface area contributed by atoms with Crippen LogP contribution in [0.3, 0.4) is 0 Å². The first-order chi connectivity index (χ1) is 12.6. The van der Waals surface area contributed by atoms with Gasteiger partial charge in [0.25, 0.3) is 11.8 Å². The Bertz CT molecular complexity index is 877. The zero-order chi connectivity index (χ0) is 18.1. The van der Waals surface area contributed by atoms with E-state index in [4.69, 9.17) is 4.52 Å². The topological polar surface area (TPSA) is 89.9 Å². The van der Waals surface area contributed by atoms with Crippen LogP contribution in [0.25, 0.3) is 11.6 Å². The molecule has 1 amide bonds. The van der Waals surface area contributed by atoms with Crippen LogP contribution in [0.1, 0.15) is 54.1 Å². The molecule has 0 N–H and O–H groups in total. The quantitative estimate of drug-likeness (QED) is 0.699. The van der Waals surface area contributed by atoms with Crippen molar-refractivity contribution >= 4 is 17.2 Å². The average molecular weight is 372 g/mol. The van der Waals surface area contributed by atoms with E-state index in [-0.39, 0.29) is 17.9 Å². The lowest BCUT2D eigenvalue weighted by atomic mass is 10.1. The fourth-order valence-electron chi connectivity index (χ4n) is 3.02. The average Bonchev–Trinajstić information content (AvgIpc) is 3.42. The SMILES string of the molecule is CC(C)c1noc(-c2cn(C3CCN(C(=O)c4cccs4)CC3)nn2)n1. The summed E-state index contributed by atoms with van der Waals surface area (Å²) >= 11 is 1.48. The largest absolute Gasteiger partial charge is 0.338 e. The Morgan fingerprint density at radius 1 is 1.35 bits per heavy atom. The number of nitrogens with zero attached hydrogens (tertiary/aromatic N) is 6. The summed E-state index contributed by atoms with van der Waals surface area (Å²) in [5, 5.41) is 14.3. The van der Waals surface area contributed by atoms with Crippen molar-refractivity contribution in [2.45, 2.75) is 38.6 Å². The molecule has 3 aromatic rings. The predicted molar refractivity (Wildman–Crippen MR) is 95.9 cm³/mol. The van der Waals surface area contributed by atoms with Crippen molar-refractivity contribution in [2.24, 2.45) is 0 Å². The van der Waals surface area contributed by atoms with Gasteiger partial charge in [-0.1, -0.05) is 30.3 Å². The third-order valence-corrected chi connectivity index (χ3v) is 5.40. The van der Waals surface area contributed by atoms with Gasteiger partial charge in [0.05, 0.1) is 17.1 Å². The molecule has 1 fully saturated rings. The Hall–Kier alpha value is -2.55. The molecule has 9 heteroatoms. The number of thiophene rings is 1. The molecule has 8 nitrogen and oxygen atoms in total. The molecule has 1 aliphatic heterocycles. The monoisotopic (exact) mass is 372 g/mol. The molecule has 0 aromatic carbocycles. The minimum Gasteiger partial charge on any atom is -0.338 e. The third kappa shape index (κ3) is 3.26. The third-order valence-electron chi connectivity index (χ3n) is 4.55. The van der Waals surface area contributed by atoms with Gasteiger partial charge in [-0.25, -0.2) is 4.68 Å². The van der Waals surface area contributed by atoms with Gasteiger partial charge < -0.3 is 9.42 Å². The highest BCUT2D eigenvalue weighted by Crippen LogP contribution is 2.25. The second-order valence-electron chi connectivity index (χ2n) is 6.70. The minimum absolute atomic E-state index is 0.116. The fourth-order valence-corrected chi connectivity index (χ4v) is 3.71. The maximum absolute atomic E-state index is 12.4. The molecule has 0 atom stereocenters. The highest BCUT2D eigenvalue weighted by atomic mass is 32.1. The number of rotatable bonds is 4. The van der Waals surface area contributed by atoms with E-state index in [1.807, 2.05) is 47.1 Å². The predicted octanol–water partition coefficient (Wildman–Crippen LogP) is 2.99. The number of piperidine rings is 1. The van der Waals surface area contributed by atoms with Gasteiger partial charge in [0.1, 0.15) is 0 Å². The molecular weight excluding hydrogens is 352 g/mol. The van der Waals surface area contributed by atoms with Gasteiger partial charge in [0.15, 0.2) is 11.5 Å². The van der Waals surface area contributed by atoms with Crippen molar-refractivity contribution < 1.29 is 9.32 Å². The lowest BCUT2D eigenvalue weighted by Crippen LogP contribution is -2.38. The van der Waals surface area contributed by atoms with Crippen molar-refractivity contribution in [1.82, 2.24) is 30.0 Å². The van der Waals surface area contributed by atoms with Crippen molar-refractivity contribution in [3.05, 3.63) is 34.4 Å². The standard InChI is InChI=1S/C17H20N6O2S/c1-11(2)15-18-16(25-20-15)13-10-23(21-19-13)12-5-7-22(8-6-12)17(24)14-4-3-9-26-14/h3-4,9-12H,5-8H2,1-2H3. The summed E-state index contributed by atoms with van der Waals surface area (Å²) < 4.78 is 7.12. The van der Waals surface area contributed by atoms with Gasteiger partial charge in [-0.3, -0.25) is 4.79 Å². The summed E-state index contributed by atoms with van der Waals surface area (Å²) in [5.41, 5.74) is 0.585. The van der Waals surface area contributed by atoms with Crippen LogP contribution in [0.4, 0.5) is 0 Å². The molecular formula is C17H20N6O2S. The fraction of sp³-hybridized carbons (Fsp3) is 0.471. The zero-order valence-corrected chi connectivity index (χ0v) is 15.5. The molecule has 4 heterocycles. The molecule has 26 heavy (non-hydrogen) atoms. The molecule has 4 rings (SSSR count). The number of likely N-dealkylation sites (tertiary alicyclic amines) is 1. The number of carbonyl (C=O) groups is 1. The lowest BCUT2D eigenvalue weighted by molar-refractivity contribution is 0.0694. The van der Waals surface area contributed by atoms with E-state index in [0.717, 1.165) is 17.7 Å². The Morgan fingerprint density at radius 3 is 2.81 bits per heavy atom. The van der Waals surface area contributed by atoms with Crippen LogP contribution in [-0.4, -0.2) is 49.0 Å². The number of aromatic nitrogens is 5. The molecule has 1 aliphatic rings. The molecule has 136 valence electrons. The van der Waals surface area contributed by atoms with Crippen LogP contribution in [0, 0.1) is 0 Å². The summed E-state index contributed by atoms with van der Waals surface area (Å²) in [4.78, 5) is 19.5. The minimum atomic E-state index is 0.116. The van der Waals surface area contributed by atoms with Gasteiger partial charge in [0, 0.05) is 19.0 Å². The molecule has 0 bridgehead atoms. The lowest BCUT2D eigenvalue weighted by Gasteiger charge is -2.31. The van der Waals surface area contributed by atoms with Crippen molar-refractivity contribution in [1.29, 1.82) is 0 Å². The summed E-state index contributed by atoms with van der Waals surface area (Å²) in [6.45, 7) is 5.46. The van der Waals surface area contributed by atoms with Crippen LogP contribution < -0.4 is 0 Å². The molecule has 3 aromatic heterocycles. The van der Waals surface area contributed by atoms with Gasteiger partial charge in [-0.2, -0.15) is 4.98 Å². The first-order valence-electron chi connectivity index (χ1n) is 8.70. The van der Waals surface area contributed by atoms with E-state index in [2.05, 4.69) is 20.5 Å². The molecule has 0 spiro atoms.